The number of aliphatic imine (C=N–C) groups is 1. The van der Waals surface area contributed by atoms with Gasteiger partial charge in [0.25, 0.3) is 0 Å². The molecule has 1 N–H and O–H groups in total. The normalized spacial score (nSPS) is 40.7. The Balaban J connectivity index is 0.00000132. The zero-order chi connectivity index (χ0) is 22.8. The molecule has 2 nitrogen and oxygen atoms in total. The first kappa shape index (κ1) is 24.2. The first-order valence-electron chi connectivity index (χ1n) is 11.9. The van der Waals surface area contributed by atoms with Crippen LogP contribution in [0.5, 0.6) is 0 Å². The van der Waals surface area contributed by atoms with E-state index in [9.17, 15) is 0 Å². The minimum Gasteiger partial charge on any atom is -0.386 e. The summed E-state index contributed by atoms with van der Waals surface area (Å²) in [6, 6.07) is 0. The van der Waals surface area contributed by atoms with Crippen LogP contribution in [0, 0.1) is 40.4 Å². The second-order valence-electron chi connectivity index (χ2n) is 10.5. The van der Waals surface area contributed by atoms with E-state index in [-0.39, 0.29) is 5.41 Å². The zero-order valence-electron chi connectivity index (χ0n) is 20.0. The van der Waals surface area contributed by atoms with E-state index in [1.165, 1.54) is 43.3 Å². The van der Waals surface area contributed by atoms with Gasteiger partial charge in [-0.25, -0.2) is 0 Å². The van der Waals surface area contributed by atoms with Crippen LogP contribution in [-0.2, 0) is 0 Å². The SMILES string of the molecule is C=N/C=C\NCC(=C)C1CCC2C3CCC4=CC(=C)C=CC4(C)C3C(C)CC12C.CS. The van der Waals surface area contributed by atoms with Crippen LogP contribution in [0.1, 0.15) is 52.9 Å². The number of fused-ring (bicyclic) bond motifs is 5. The minimum absolute atomic E-state index is 0.226. The minimum atomic E-state index is 0.226. The van der Waals surface area contributed by atoms with Crippen LogP contribution in [0.2, 0.25) is 0 Å². The summed E-state index contributed by atoms with van der Waals surface area (Å²) in [4.78, 5) is 3.77. The lowest BCUT2D eigenvalue weighted by atomic mass is 9.45. The summed E-state index contributed by atoms with van der Waals surface area (Å²) in [6.07, 6.45) is 19.0. The third kappa shape index (κ3) is 4.15. The van der Waals surface area contributed by atoms with Gasteiger partial charge in [-0.1, -0.05) is 63.3 Å². The largest absolute Gasteiger partial charge is 0.386 e. The van der Waals surface area contributed by atoms with Gasteiger partial charge in [-0.15, -0.1) is 0 Å². The van der Waals surface area contributed by atoms with Crippen molar-refractivity contribution in [2.45, 2.75) is 52.9 Å². The molecule has 3 fully saturated rings. The van der Waals surface area contributed by atoms with Gasteiger partial charge in [-0.05, 0) is 85.7 Å². The Morgan fingerprint density at radius 1 is 1.29 bits per heavy atom. The molecule has 0 radical (unpaired) electrons. The lowest BCUT2D eigenvalue weighted by Crippen LogP contribution is -2.53. The summed E-state index contributed by atoms with van der Waals surface area (Å²) in [5.74, 6) is 3.78. The standard InChI is InChI=1S/C27H38N2.CH4S/c1-18-11-12-26(4)21(15-18)7-8-22-24-10-9-23(20(3)17-29-14-13-28-6)27(24,5)16-19(2)25(22)26;1-2/h11-15,19,22-25,29H,1,3,6-10,16-17H2,2,4-5H3;2H,1H3/b14-13-;. The van der Waals surface area contributed by atoms with Crippen molar-refractivity contribution in [1.29, 1.82) is 0 Å². The number of hydrogen-bond acceptors (Lipinski definition) is 3. The molecule has 7 unspecified atom stereocenters. The van der Waals surface area contributed by atoms with E-state index in [0.29, 0.717) is 11.3 Å². The molecule has 3 heteroatoms. The van der Waals surface area contributed by atoms with Crippen LogP contribution in [0.15, 0.2) is 65.5 Å². The van der Waals surface area contributed by atoms with Gasteiger partial charge < -0.3 is 5.32 Å². The molecular formula is C28H42N2S. The fourth-order valence-electron chi connectivity index (χ4n) is 8.06. The molecule has 0 bridgehead atoms. The Morgan fingerprint density at radius 2 is 2.03 bits per heavy atom. The smallest absolute Gasteiger partial charge is 0.0417 e. The van der Waals surface area contributed by atoms with E-state index in [1.54, 1.807) is 18.0 Å². The summed E-state index contributed by atoms with van der Waals surface area (Å²) in [6.45, 7) is 20.7. The molecule has 0 saturated heterocycles. The Hall–Kier alpha value is -1.48. The summed E-state index contributed by atoms with van der Waals surface area (Å²) in [5, 5.41) is 3.35. The van der Waals surface area contributed by atoms with Crippen molar-refractivity contribution >= 4 is 19.3 Å². The molecule has 31 heavy (non-hydrogen) atoms. The van der Waals surface area contributed by atoms with Crippen molar-refractivity contribution < 1.29 is 0 Å². The molecule has 4 aliphatic carbocycles. The van der Waals surface area contributed by atoms with Crippen molar-refractivity contribution in [3.8, 4) is 0 Å². The average molecular weight is 439 g/mol. The second-order valence-corrected chi connectivity index (χ2v) is 10.5. The van der Waals surface area contributed by atoms with Gasteiger partial charge in [0.05, 0.1) is 0 Å². The van der Waals surface area contributed by atoms with E-state index >= 15 is 0 Å². The molecule has 0 aliphatic heterocycles. The average Bonchev–Trinajstić information content (AvgIpc) is 3.09. The van der Waals surface area contributed by atoms with Crippen LogP contribution >= 0.6 is 12.6 Å². The molecule has 3 saturated carbocycles. The van der Waals surface area contributed by atoms with E-state index in [1.807, 2.05) is 6.20 Å². The highest BCUT2D eigenvalue weighted by Gasteiger charge is 2.60. The Labute approximate surface area is 196 Å². The maximum Gasteiger partial charge on any atom is 0.0417 e. The third-order valence-corrected chi connectivity index (χ3v) is 9.02. The van der Waals surface area contributed by atoms with Gasteiger partial charge in [0.1, 0.15) is 0 Å². The molecular weight excluding hydrogens is 396 g/mol. The van der Waals surface area contributed by atoms with Crippen LogP contribution in [0.3, 0.4) is 0 Å². The van der Waals surface area contributed by atoms with Gasteiger partial charge >= 0.3 is 0 Å². The predicted octanol–water partition coefficient (Wildman–Crippen LogP) is 7.01. The van der Waals surface area contributed by atoms with Gasteiger partial charge in [0.15, 0.2) is 0 Å². The summed E-state index contributed by atoms with van der Waals surface area (Å²) in [7, 11) is 0. The van der Waals surface area contributed by atoms with Gasteiger partial charge in [-0.2, -0.15) is 12.6 Å². The van der Waals surface area contributed by atoms with Gasteiger partial charge in [0.2, 0.25) is 0 Å². The molecule has 4 rings (SSSR count). The summed E-state index contributed by atoms with van der Waals surface area (Å²) in [5.41, 5.74) is 4.79. The van der Waals surface area contributed by atoms with Crippen LogP contribution in [0.25, 0.3) is 0 Å². The first-order chi connectivity index (χ1) is 14.8. The highest BCUT2D eigenvalue weighted by Crippen LogP contribution is 2.68. The quantitative estimate of drug-likeness (QED) is 0.269. The van der Waals surface area contributed by atoms with E-state index < -0.39 is 0 Å². The van der Waals surface area contributed by atoms with Crippen LogP contribution in [-0.4, -0.2) is 19.5 Å². The number of nitrogens with one attached hydrogen (secondary N) is 1. The van der Waals surface area contributed by atoms with Crippen LogP contribution in [0.4, 0.5) is 0 Å². The van der Waals surface area contributed by atoms with Crippen molar-refractivity contribution in [1.82, 2.24) is 5.32 Å². The fourth-order valence-corrected chi connectivity index (χ4v) is 8.06. The van der Waals surface area contributed by atoms with Crippen molar-refractivity contribution in [2.24, 2.45) is 45.4 Å². The number of rotatable bonds is 5. The molecule has 0 amide bonds. The van der Waals surface area contributed by atoms with E-state index in [0.717, 1.165) is 30.2 Å². The van der Waals surface area contributed by atoms with Crippen molar-refractivity contribution in [3.63, 3.8) is 0 Å². The topological polar surface area (TPSA) is 24.4 Å². The summed E-state index contributed by atoms with van der Waals surface area (Å²) >= 11 is 3.53. The molecule has 0 spiro atoms. The predicted molar refractivity (Wildman–Crippen MR) is 140 cm³/mol. The van der Waals surface area contributed by atoms with Crippen molar-refractivity contribution in [2.75, 3.05) is 12.8 Å². The number of thiol groups is 1. The van der Waals surface area contributed by atoms with Gasteiger partial charge in [0, 0.05) is 24.4 Å². The third-order valence-electron chi connectivity index (χ3n) is 9.02. The molecule has 7 atom stereocenters. The molecule has 0 aromatic rings. The highest BCUT2D eigenvalue weighted by atomic mass is 32.1. The monoisotopic (exact) mass is 438 g/mol. The molecule has 4 aliphatic rings. The maximum absolute atomic E-state index is 4.51. The zero-order valence-corrected chi connectivity index (χ0v) is 20.9. The van der Waals surface area contributed by atoms with Crippen molar-refractivity contribution in [3.05, 3.63) is 60.5 Å². The lowest BCUT2D eigenvalue weighted by molar-refractivity contribution is -0.0641. The number of hydrogen-bond donors (Lipinski definition) is 2. The van der Waals surface area contributed by atoms with E-state index in [4.69, 9.17) is 0 Å². The maximum atomic E-state index is 4.51. The first-order valence-corrected chi connectivity index (χ1v) is 12.8. The Bertz CT molecular complexity index is 806. The lowest BCUT2D eigenvalue weighted by Gasteiger charge is -2.60. The molecule has 170 valence electrons. The fraction of sp³-hybridized carbons (Fsp3) is 0.607. The van der Waals surface area contributed by atoms with Gasteiger partial charge in [-0.3, -0.25) is 4.99 Å². The molecule has 0 aromatic heterocycles. The second kappa shape index (κ2) is 9.57. The number of nitrogens with zero attached hydrogens (tertiary/aromatic N) is 1. The Morgan fingerprint density at radius 3 is 2.74 bits per heavy atom. The van der Waals surface area contributed by atoms with Crippen LogP contribution < -0.4 is 5.32 Å². The summed E-state index contributed by atoms with van der Waals surface area (Å²) < 4.78 is 0. The highest BCUT2D eigenvalue weighted by molar-refractivity contribution is 7.79. The number of allylic oxidation sites excluding steroid dienone is 5. The molecule has 0 heterocycles. The van der Waals surface area contributed by atoms with E-state index in [2.05, 4.69) is 81.8 Å². The molecule has 0 aromatic carbocycles. The Kier molecular flexibility index (Phi) is 7.46.